The molecule has 0 saturated carbocycles. The van der Waals surface area contributed by atoms with Crippen molar-refractivity contribution in [1.29, 1.82) is 0 Å². The van der Waals surface area contributed by atoms with Gasteiger partial charge in [0.25, 0.3) is 11.8 Å². The molecule has 0 bridgehead atoms. The van der Waals surface area contributed by atoms with Crippen LogP contribution >= 0.6 is 0 Å². The summed E-state index contributed by atoms with van der Waals surface area (Å²) < 4.78 is 38.3. The first-order valence-electron chi connectivity index (χ1n) is 7.20. The van der Waals surface area contributed by atoms with E-state index in [4.69, 9.17) is 0 Å². The second-order valence-corrected chi connectivity index (χ2v) is 5.87. The summed E-state index contributed by atoms with van der Waals surface area (Å²) in [5, 5.41) is 9.63. The normalized spacial score (nSPS) is 21.7. The smallest absolute Gasteiger partial charge is 0.380 e. The van der Waals surface area contributed by atoms with E-state index < -0.39 is 36.4 Å². The minimum atomic E-state index is -4.67. The number of imide groups is 1. The van der Waals surface area contributed by atoms with Crippen LogP contribution < -0.4 is 0 Å². The molecule has 1 aromatic carbocycles. The van der Waals surface area contributed by atoms with Gasteiger partial charge in [0.15, 0.2) is 5.60 Å². The predicted molar refractivity (Wildman–Crippen MR) is 73.6 cm³/mol. The first kappa shape index (κ1) is 15.9. The quantitative estimate of drug-likeness (QED) is 0.839. The van der Waals surface area contributed by atoms with E-state index in [1.807, 2.05) is 0 Å². The zero-order chi connectivity index (χ0) is 16.8. The van der Waals surface area contributed by atoms with Crippen LogP contribution in [0, 0.1) is 0 Å². The van der Waals surface area contributed by atoms with Gasteiger partial charge in [0.2, 0.25) is 0 Å². The molecule has 0 spiro atoms. The number of fused-ring (bicyclic) bond motifs is 1. The lowest BCUT2D eigenvalue weighted by Crippen LogP contribution is -2.55. The van der Waals surface area contributed by atoms with Crippen LogP contribution in [0.4, 0.5) is 13.2 Å². The Morgan fingerprint density at radius 3 is 1.96 bits per heavy atom. The highest BCUT2D eigenvalue weighted by atomic mass is 19.4. The van der Waals surface area contributed by atoms with Crippen LogP contribution in [0.15, 0.2) is 24.3 Å². The number of carbonyl (C=O) groups is 2. The molecule has 23 heavy (non-hydrogen) atoms. The molecule has 1 saturated heterocycles. The minimum Gasteiger partial charge on any atom is -0.380 e. The zero-order valence-electron chi connectivity index (χ0n) is 12.1. The lowest BCUT2D eigenvalue weighted by molar-refractivity contribution is -0.273. The Kier molecular flexibility index (Phi) is 3.68. The number of carbonyl (C=O) groups excluding carboxylic acids is 2. The Morgan fingerprint density at radius 1 is 1.04 bits per heavy atom. The van der Waals surface area contributed by atoms with Gasteiger partial charge in [-0.2, -0.15) is 13.2 Å². The first-order valence-corrected chi connectivity index (χ1v) is 7.20. The summed E-state index contributed by atoms with van der Waals surface area (Å²) in [6.07, 6.45) is -5.62. The van der Waals surface area contributed by atoms with Crippen molar-refractivity contribution in [3.8, 4) is 0 Å². The second-order valence-electron chi connectivity index (χ2n) is 5.87. The van der Waals surface area contributed by atoms with Gasteiger partial charge < -0.3 is 5.11 Å². The van der Waals surface area contributed by atoms with Crippen LogP contribution in [0.1, 0.15) is 33.6 Å². The maximum atomic E-state index is 12.8. The Labute approximate surface area is 130 Å². The second kappa shape index (κ2) is 5.31. The number of halogens is 3. The highest BCUT2D eigenvalue weighted by molar-refractivity contribution is 6.21. The molecule has 3 rings (SSSR count). The lowest BCUT2D eigenvalue weighted by Gasteiger charge is -2.39. The van der Waals surface area contributed by atoms with Gasteiger partial charge >= 0.3 is 6.18 Å². The number of hydrogen-bond acceptors (Lipinski definition) is 4. The number of benzene rings is 1. The van der Waals surface area contributed by atoms with E-state index in [1.54, 1.807) is 29.2 Å². The van der Waals surface area contributed by atoms with Crippen LogP contribution in [0.3, 0.4) is 0 Å². The Hall–Kier alpha value is -1.93. The van der Waals surface area contributed by atoms with Crippen LogP contribution in [0.25, 0.3) is 0 Å². The number of likely N-dealkylation sites (tertiary alicyclic amines) is 1. The van der Waals surface area contributed by atoms with Crippen LogP contribution in [-0.2, 0) is 0 Å². The largest absolute Gasteiger partial charge is 0.417 e. The summed E-state index contributed by atoms with van der Waals surface area (Å²) in [6, 6.07) is 6.40. The van der Waals surface area contributed by atoms with Crippen molar-refractivity contribution in [3.63, 3.8) is 0 Å². The van der Waals surface area contributed by atoms with Gasteiger partial charge in [0.1, 0.15) is 0 Å². The van der Waals surface area contributed by atoms with Gasteiger partial charge in [0, 0.05) is 13.1 Å². The number of alkyl halides is 3. The molecule has 1 fully saturated rings. The maximum Gasteiger partial charge on any atom is 0.417 e. The Bertz CT molecular complexity index is 617. The summed E-state index contributed by atoms with van der Waals surface area (Å²) in [5.74, 6) is -0.885. The van der Waals surface area contributed by atoms with Gasteiger partial charge in [0.05, 0.1) is 17.8 Å². The lowest BCUT2D eigenvalue weighted by atomic mass is 9.91. The van der Waals surface area contributed by atoms with Crippen molar-refractivity contribution in [1.82, 2.24) is 9.80 Å². The van der Waals surface area contributed by atoms with E-state index in [9.17, 15) is 27.9 Å². The van der Waals surface area contributed by atoms with E-state index in [-0.39, 0.29) is 19.8 Å². The topological polar surface area (TPSA) is 60.9 Å². The van der Waals surface area contributed by atoms with Crippen LogP contribution in [0.2, 0.25) is 0 Å². The number of aliphatic hydroxyl groups is 1. The van der Waals surface area contributed by atoms with E-state index in [0.29, 0.717) is 11.1 Å². The van der Waals surface area contributed by atoms with Crippen molar-refractivity contribution in [2.75, 3.05) is 19.8 Å². The SMILES string of the molecule is O=C1c2ccccc2C(=O)N1CN1CCC(O)(C(F)(F)F)CC1. The maximum absolute atomic E-state index is 12.8. The molecule has 0 unspecified atom stereocenters. The molecule has 2 heterocycles. The molecule has 2 amide bonds. The fraction of sp³-hybridized carbons (Fsp3) is 0.467. The average Bonchev–Trinajstić information content (AvgIpc) is 2.74. The Balaban J connectivity index is 1.67. The highest BCUT2D eigenvalue weighted by Gasteiger charge is 2.54. The molecule has 8 heteroatoms. The van der Waals surface area contributed by atoms with Crippen LogP contribution in [0.5, 0.6) is 0 Å². The van der Waals surface area contributed by atoms with Gasteiger partial charge in [-0.05, 0) is 25.0 Å². The minimum absolute atomic E-state index is 0.0383. The molecule has 2 aliphatic heterocycles. The van der Waals surface area contributed by atoms with Crippen molar-refractivity contribution in [2.45, 2.75) is 24.6 Å². The zero-order valence-corrected chi connectivity index (χ0v) is 12.1. The van der Waals surface area contributed by atoms with Crippen molar-refractivity contribution >= 4 is 11.8 Å². The molecular formula is C15H15F3N2O3. The van der Waals surface area contributed by atoms with Crippen molar-refractivity contribution in [3.05, 3.63) is 35.4 Å². The fourth-order valence-electron chi connectivity index (χ4n) is 2.92. The van der Waals surface area contributed by atoms with E-state index in [1.165, 1.54) is 0 Å². The molecule has 0 atom stereocenters. The average molecular weight is 328 g/mol. The number of amides is 2. The summed E-state index contributed by atoms with van der Waals surface area (Å²) in [4.78, 5) is 27.0. The first-order chi connectivity index (χ1) is 10.7. The van der Waals surface area contributed by atoms with Crippen molar-refractivity contribution < 1.29 is 27.9 Å². The molecular weight excluding hydrogens is 313 g/mol. The molecule has 0 aliphatic carbocycles. The van der Waals surface area contributed by atoms with Gasteiger partial charge in [-0.15, -0.1) is 0 Å². The van der Waals surface area contributed by atoms with Gasteiger partial charge in [-0.25, -0.2) is 0 Å². The van der Waals surface area contributed by atoms with E-state index in [0.717, 1.165) is 4.90 Å². The fourth-order valence-corrected chi connectivity index (χ4v) is 2.92. The van der Waals surface area contributed by atoms with E-state index in [2.05, 4.69) is 0 Å². The molecule has 2 aliphatic rings. The summed E-state index contributed by atoms with van der Waals surface area (Å²) in [6.45, 7) is -0.146. The molecule has 0 aromatic heterocycles. The Morgan fingerprint density at radius 2 is 1.52 bits per heavy atom. The number of hydrogen-bond donors (Lipinski definition) is 1. The number of piperidine rings is 1. The number of rotatable bonds is 2. The third kappa shape index (κ3) is 2.61. The highest BCUT2D eigenvalue weighted by Crippen LogP contribution is 2.38. The summed E-state index contributed by atoms with van der Waals surface area (Å²) >= 11 is 0. The van der Waals surface area contributed by atoms with E-state index >= 15 is 0 Å². The van der Waals surface area contributed by atoms with Crippen LogP contribution in [-0.4, -0.2) is 58.3 Å². The monoisotopic (exact) mass is 328 g/mol. The summed E-state index contributed by atoms with van der Waals surface area (Å²) in [7, 11) is 0. The van der Waals surface area contributed by atoms with Crippen molar-refractivity contribution in [2.24, 2.45) is 0 Å². The third-order valence-corrected chi connectivity index (χ3v) is 4.43. The van der Waals surface area contributed by atoms with Gasteiger partial charge in [-0.3, -0.25) is 19.4 Å². The molecule has 1 N–H and O–H groups in total. The molecule has 5 nitrogen and oxygen atoms in total. The van der Waals surface area contributed by atoms with Gasteiger partial charge in [-0.1, -0.05) is 12.1 Å². The molecule has 1 aromatic rings. The third-order valence-electron chi connectivity index (χ3n) is 4.43. The standard InChI is InChI=1S/C15H15F3N2O3/c16-15(17,18)14(23)5-7-19(8-6-14)9-20-12(21)10-3-1-2-4-11(10)13(20)22/h1-4,23H,5-9H2. The predicted octanol–water partition coefficient (Wildman–Crippen LogP) is 1.63. The number of nitrogens with zero attached hydrogens (tertiary/aromatic N) is 2. The molecule has 0 radical (unpaired) electrons. The summed E-state index contributed by atoms with van der Waals surface area (Å²) in [5.41, 5.74) is -2.08. The molecule has 124 valence electrons.